The first-order valence-corrected chi connectivity index (χ1v) is 7.81. The third-order valence-corrected chi connectivity index (χ3v) is 3.73. The van der Waals surface area contributed by atoms with Gasteiger partial charge in [0.15, 0.2) is 0 Å². The summed E-state index contributed by atoms with van der Waals surface area (Å²) in [4.78, 5) is 0. The molecule has 0 heterocycles. The largest absolute Gasteiger partial charge is 0.0955 e. The molecule has 0 bridgehead atoms. The summed E-state index contributed by atoms with van der Waals surface area (Å²) in [6, 6.07) is 16.3. The average molecular weight is 394 g/mol. The number of benzene rings is 2. The van der Waals surface area contributed by atoms with Crippen molar-refractivity contribution < 1.29 is 0 Å². The van der Waals surface area contributed by atoms with Gasteiger partial charge in [-0.05, 0) is 49.2 Å². The van der Waals surface area contributed by atoms with Gasteiger partial charge in [0.2, 0.25) is 0 Å². The second-order valence-corrected chi connectivity index (χ2v) is 6.41. The molecule has 2 heteroatoms. The van der Waals surface area contributed by atoms with Gasteiger partial charge in [0.1, 0.15) is 0 Å². The highest BCUT2D eigenvalue weighted by atomic mass is 79.9. The van der Waals surface area contributed by atoms with Crippen molar-refractivity contribution in [3.8, 4) is 0 Å². The van der Waals surface area contributed by atoms with Gasteiger partial charge >= 0.3 is 0 Å². The minimum atomic E-state index is 1.10. The van der Waals surface area contributed by atoms with Crippen LogP contribution in [0.25, 0.3) is 11.1 Å². The monoisotopic (exact) mass is 392 g/mol. The lowest BCUT2D eigenvalue weighted by Gasteiger charge is -1.97. The summed E-state index contributed by atoms with van der Waals surface area (Å²) >= 11 is 6.73. The van der Waals surface area contributed by atoms with Crippen molar-refractivity contribution in [3.05, 3.63) is 81.8 Å². The van der Waals surface area contributed by atoms with Gasteiger partial charge < -0.3 is 0 Å². The van der Waals surface area contributed by atoms with Gasteiger partial charge in [-0.1, -0.05) is 80.4 Å². The van der Waals surface area contributed by atoms with Crippen LogP contribution in [-0.2, 0) is 0 Å². The molecule has 2 rings (SSSR count). The molecule has 0 nitrogen and oxygen atoms in total. The molecule has 0 saturated heterocycles. The van der Waals surface area contributed by atoms with E-state index in [2.05, 4.69) is 45.0 Å². The molecule has 0 aliphatic heterocycles. The molecule has 0 aromatic heterocycles. The van der Waals surface area contributed by atoms with Crippen LogP contribution >= 0.6 is 31.9 Å². The van der Waals surface area contributed by atoms with Crippen LogP contribution in [0.4, 0.5) is 0 Å². The fourth-order valence-electron chi connectivity index (χ4n) is 1.47. The fourth-order valence-corrected chi connectivity index (χ4v) is 2.00. The smallest absolute Gasteiger partial charge is 0.0175 e. The Bertz CT molecular complexity index is 522. The van der Waals surface area contributed by atoms with Crippen LogP contribution in [0, 0.1) is 0 Å². The van der Waals surface area contributed by atoms with Crippen LogP contribution in [0.5, 0.6) is 0 Å². The zero-order valence-electron chi connectivity index (χ0n) is 11.8. The third-order valence-electron chi connectivity index (χ3n) is 2.67. The summed E-state index contributed by atoms with van der Waals surface area (Å²) in [5.74, 6) is 0. The van der Waals surface area contributed by atoms with Crippen molar-refractivity contribution in [2.24, 2.45) is 0 Å². The molecule has 2 aromatic rings. The maximum atomic E-state index is 3.84. The lowest BCUT2D eigenvalue weighted by atomic mass is 10.1. The van der Waals surface area contributed by atoms with Crippen molar-refractivity contribution in [1.82, 2.24) is 0 Å². The summed E-state index contributed by atoms with van der Waals surface area (Å²) in [5, 5.41) is 0. The summed E-state index contributed by atoms with van der Waals surface area (Å²) in [6.07, 6.45) is 0. The van der Waals surface area contributed by atoms with E-state index in [0.29, 0.717) is 0 Å². The number of allylic oxidation sites excluding steroid dienone is 2. The Kier molecular flexibility index (Phi) is 6.97. The van der Waals surface area contributed by atoms with Crippen LogP contribution in [-0.4, -0.2) is 0 Å². The Balaban J connectivity index is 0.000000200. The van der Waals surface area contributed by atoms with Gasteiger partial charge in [0.05, 0.1) is 0 Å². The first-order chi connectivity index (χ1) is 9.40. The van der Waals surface area contributed by atoms with Crippen LogP contribution in [0.15, 0.2) is 70.6 Å². The summed E-state index contributed by atoms with van der Waals surface area (Å²) < 4.78 is 2.22. The molecule has 0 saturated carbocycles. The molecule has 2 aromatic carbocycles. The molecule has 0 aliphatic rings. The highest BCUT2D eigenvalue weighted by molar-refractivity contribution is 9.10. The molecule has 0 unspecified atom stereocenters. The first-order valence-electron chi connectivity index (χ1n) is 6.23. The van der Waals surface area contributed by atoms with Gasteiger partial charge in [0, 0.05) is 8.95 Å². The van der Waals surface area contributed by atoms with E-state index in [0.717, 1.165) is 20.1 Å². The maximum Gasteiger partial charge on any atom is 0.0175 e. The van der Waals surface area contributed by atoms with Gasteiger partial charge in [-0.25, -0.2) is 0 Å². The third kappa shape index (κ3) is 5.89. The van der Waals surface area contributed by atoms with E-state index in [9.17, 15) is 0 Å². The fraction of sp³-hybridized carbons (Fsp3) is 0.111. The van der Waals surface area contributed by atoms with E-state index in [1.165, 1.54) is 11.1 Å². The van der Waals surface area contributed by atoms with Gasteiger partial charge in [-0.15, -0.1) is 0 Å². The highest BCUT2D eigenvalue weighted by Gasteiger charge is 1.91. The van der Waals surface area contributed by atoms with E-state index in [4.69, 9.17) is 0 Å². The Labute approximate surface area is 138 Å². The molecule has 104 valence electrons. The van der Waals surface area contributed by atoms with Crippen LogP contribution in [0.1, 0.15) is 25.0 Å². The molecular weight excluding hydrogens is 376 g/mol. The lowest BCUT2D eigenvalue weighted by molar-refractivity contribution is 1.55. The Morgan fingerprint density at radius 3 is 1.10 bits per heavy atom. The number of hydrogen-bond donors (Lipinski definition) is 0. The normalized spacial score (nSPS) is 9.40. The molecule has 0 fully saturated rings. The Morgan fingerprint density at radius 2 is 0.900 bits per heavy atom. The molecule has 20 heavy (non-hydrogen) atoms. The first kappa shape index (κ1) is 16.9. The number of rotatable bonds is 2. The minimum absolute atomic E-state index is 1.10. The molecule has 0 N–H and O–H groups in total. The number of hydrogen-bond acceptors (Lipinski definition) is 0. The van der Waals surface area contributed by atoms with Gasteiger partial charge in [0.25, 0.3) is 0 Å². The number of halogens is 2. The van der Waals surface area contributed by atoms with E-state index >= 15 is 0 Å². The van der Waals surface area contributed by atoms with Crippen molar-refractivity contribution in [2.45, 2.75) is 13.8 Å². The Hall–Kier alpha value is -1.12. The quantitative estimate of drug-likeness (QED) is 0.516. The molecule has 0 amide bonds. The molecule has 0 spiro atoms. The summed E-state index contributed by atoms with van der Waals surface area (Å²) in [6.45, 7) is 11.7. The van der Waals surface area contributed by atoms with Gasteiger partial charge in [-0.2, -0.15) is 0 Å². The summed E-state index contributed by atoms with van der Waals surface area (Å²) in [7, 11) is 0. The Morgan fingerprint density at radius 1 is 0.650 bits per heavy atom. The van der Waals surface area contributed by atoms with Crippen molar-refractivity contribution in [1.29, 1.82) is 0 Å². The predicted molar refractivity (Wildman–Crippen MR) is 97.7 cm³/mol. The van der Waals surface area contributed by atoms with E-state index in [-0.39, 0.29) is 0 Å². The molecule has 0 aliphatic carbocycles. The van der Waals surface area contributed by atoms with E-state index in [1.54, 1.807) is 0 Å². The maximum absolute atomic E-state index is 3.84. The standard InChI is InChI=1S/2C9H9Br/c2*1-7(2)8-3-5-9(10)6-4-8/h2*3-6H,1H2,2H3. The van der Waals surface area contributed by atoms with Crippen molar-refractivity contribution in [3.63, 3.8) is 0 Å². The minimum Gasteiger partial charge on any atom is -0.0955 e. The van der Waals surface area contributed by atoms with Crippen molar-refractivity contribution in [2.75, 3.05) is 0 Å². The second-order valence-electron chi connectivity index (χ2n) is 4.57. The topological polar surface area (TPSA) is 0 Å². The second kappa shape index (κ2) is 8.23. The van der Waals surface area contributed by atoms with Crippen LogP contribution in [0.2, 0.25) is 0 Å². The van der Waals surface area contributed by atoms with Gasteiger partial charge in [-0.3, -0.25) is 0 Å². The van der Waals surface area contributed by atoms with E-state index in [1.807, 2.05) is 62.4 Å². The van der Waals surface area contributed by atoms with Crippen LogP contribution < -0.4 is 0 Å². The molecule has 0 atom stereocenters. The SMILES string of the molecule is C=C(C)c1ccc(Br)cc1.C=C(C)c1ccc(Br)cc1. The molecule has 0 radical (unpaired) electrons. The highest BCUT2D eigenvalue weighted by Crippen LogP contribution is 2.16. The average Bonchev–Trinajstić information content (AvgIpc) is 2.40. The zero-order valence-corrected chi connectivity index (χ0v) is 15.0. The van der Waals surface area contributed by atoms with Crippen molar-refractivity contribution >= 4 is 43.0 Å². The molecular formula is C18H18Br2. The van der Waals surface area contributed by atoms with Crippen LogP contribution in [0.3, 0.4) is 0 Å². The lowest BCUT2D eigenvalue weighted by Crippen LogP contribution is -1.74. The van der Waals surface area contributed by atoms with E-state index < -0.39 is 0 Å². The zero-order chi connectivity index (χ0) is 15.1. The predicted octanol–water partition coefficient (Wildman–Crippen LogP) is 6.96. The summed E-state index contributed by atoms with van der Waals surface area (Å²) in [5.41, 5.74) is 4.60.